The largest absolute Gasteiger partial charge is 0.458 e. The Kier molecular flexibility index (Phi) is 5.19. The van der Waals surface area contributed by atoms with E-state index in [-0.39, 0.29) is 13.2 Å². The first-order chi connectivity index (χ1) is 12.8. The molecule has 1 aliphatic rings. The molecule has 0 saturated carbocycles. The number of aromatic nitrogens is 4. The first-order valence-corrected chi connectivity index (χ1v) is 8.43. The van der Waals surface area contributed by atoms with Crippen LogP contribution in [0.3, 0.4) is 0 Å². The number of aliphatic hydroxyl groups is 1. The Morgan fingerprint density at radius 3 is 2.81 bits per heavy atom. The van der Waals surface area contributed by atoms with E-state index in [9.17, 15) is 14.7 Å². The third-order valence-electron chi connectivity index (χ3n) is 3.74. The van der Waals surface area contributed by atoms with E-state index in [0.29, 0.717) is 11.5 Å². The zero-order valence-electron chi connectivity index (χ0n) is 15.3. The SMILES string of the molecule is CC(C)(C)OC(=O)[C@H](O)[C@H]1OCCN(c2ccn(-c3ccnnc3)n2)C1=O. The zero-order chi connectivity index (χ0) is 19.6. The van der Waals surface area contributed by atoms with E-state index in [4.69, 9.17) is 9.47 Å². The van der Waals surface area contributed by atoms with Gasteiger partial charge in [-0.15, -0.1) is 5.10 Å². The molecule has 1 aliphatic heterocycles. The molecule has 27 heavy (non-hydrogen) atoms. The Morgan fingerprint density at radius 2 is 2.15 bits per heavy atom. The van der Waals surface area contributed by atoms with Crippen molar-refractivity contribution in [1.82, 2.24) is 20.0 Å². The van der Waals surface area contributed by atoms with Crippen molar-refractivity contribution >= 4 is 17.7 Å². The van der Waals surface area contributed by atoms with Crippen LogP contribution in [0.4, 0.5) is 5.82 Å². The van der Waals surface area contributed by atoms with Crippen LogP contribution in [0.2, 0.25) is 0 Å². The minimum Gasteiger partial charge on any atom is -0.458 e. The lowest BCUT2D eigenvalue weighted by Gasteiger charge is -2.33. The number of anilines is 1. The summed E-state index contributed by atoms with van der Waals surface area (Å²) in [7, 11) is 0. The lowest BCUT2D eigenvalue weighted by Crippen LogP contribution is -2.55. The van der Waals surface area contributed by atoms with Gasteiger partial charge in [0.05, 0.1) is 31.2 Å². The molecule has 144 valence electrons. The van der Waals surface area contributed by atoms with Crippen LogP contribution in [0, 0.1) is 0 Å². The van der Waals surface area contributed by atoms with Crippen LogP contribution in [0.25, 0.3) is 5.69 Å². The van der Waals surface area contributed by atoms with Crippen LogP contribution < -0.4 is 4.90 Å². The van der Waals surface area contributed by atoms with Crippen molar-refractivity contribution in [3.63, 3.8) is 0 Å². The van der Waals surface area contributed by atoms with E-state index in [0.717, 1.165) is 0 Å². The highest BCUT2D eigenvalue weighted by Gasteiger charge is 2.41. The summed E-state index contributed by atoms with van der Waals surface area (Å²) in [4.78, 5) is 26.2. The number of carbonyl (C=O) groups is 2. The van der Waals surface area contributed by atoms with Crippen molar-refractivity contribution in [1.29, 1.82) is 0 Å². The van der Waals surface area contributed by atoms with Crippen LogP contribution in [-0.2, 0) is 19.1 Å². The number of amides is 1. The molecule has 1 fully saturated rings. The molecule has 10 heteroatoms. The molecule has 1 amide bonds. The quantitative estimate of drug-likeness (QED) is 0.747. The number of morpholine rings is 1. The fraction of sp³-hybridized carbons (Fsp3) is 0.471. The third-order valence-corrected chi connectivity index (χ3v) is 3.74. The molecule has 0 bridgehead atoms. The van der Waals surface area contributed by atoms with Crippen LogP contribution in [0.5, 0.6) is 0 Å². The van der Waals surface area contributed by atoms with Crippen LogP contribution in [-0.4, -0.2) is 67.9 Å². The number of hydrogen-bond acceptors (Lipinski definition) is 8. The number of carbonyl (C=O) groups excluding carboxylic acids is 2. The molecule has 2 aromatic heterocycles. The highest BCUT2D eigenvalue weighted by molar-refractivity contribution is 5.99. The third kappa shape index (κ3) is 4.29. The minimum absolute atomic E-state index is 0.153. The van der Waals surface area contributed by atoms with Gasteiger partial charge < -0.3 is 14.6 Å². The molecular formula is C17H21N5O5. The predicted octanol–water partition coefficient (Wildman–Crippen LogP) is 0.0967. The Bertz CT molecular complexity index is 817. The molecule has 10 nitrogen and oxygen atoms in total. The van der Waals surface area contributed by atoms with Crippen molar-refractivity contribution in [2.24, 2.45) is 0 Å². The molecule has 0 aliphatic carbocycles. The molecule has 0 spiro atoms. The number of esters is 1. The molecule has 2 aromatic rings. The maximum atomic E-state index is 12.7. The topological polar surface area (TPSA) is 120 Å². The van der Waals surface area contributed by atoms with Crippen molar-refractivity contribution in [2.75, 3.05) is 18.1 Å². The lowest BCUT2D eigenvalue weighted by atomic mass is 10.1. The van der Waals surface area contributed by atoms with Gasteiger partial charge in [0.25, 0.3) is 5.91 Å². The van der Waals surface area contributed by atoms with Gasteiger partial charge in [-0.25, -0.2) is 9.48 Å². The second-order valence-corrected chi connectivity index (χ2v) is 6.98. The van der Waals surface area contributed by atoms with Crippen LogP contribution in [0.15, 0.2) is 30.7 Å². The molecule has 0 unspecified atom stereocenters. The van der Waals surface area contributed by atoms with Crippen LogP contribution in [0.1, 0.15) is 20.8 Å². The summed E-state index contributed by atoms with van der Waals surface area (Å²) in [5.41, 5.74) is -0.102. The Labute approximate surface area is 155 Å². The summed E-state index contributed by atoms with van der Waals surface area (Å²) in [5.74, 6) is -1.09. The molecule has 3 rings (SSSR count). The van der Waals surface area contributed by atoms with Gasteiger partial charge in [-0.3, -0.25) is 9.69 Å². The van der Waals surface area contributed by atoms with E-state index >= 15 is 0 Å². The van der Waals surface area contributed by atoms with Crippen LogP contribution >= 0.6 is 0 Å². The van der Waals surface area contributed by atoms with Gasteiger partial charge in [0.1, 0.15) is 5.60 Å². The first kappa shape index (κ1) is 18.9. The normalized spacial score (nSPS) is 19.0. The number of hydrogen-bond donors (Lipinski definition) is 1. The summed E-state index contributed by atoms with van der Waals surface area (Å²) in [6.45, 7) is 5.43. The van der Waals surface area contributed by atoms with Gasteiger partial charge in [-0.2, -0.15) is 10.2 Å². The average Bonchev–Trinajstić information content (AvgIpc) is 3.10. The van der Waals surface area contributed by atoms with E-state index in [1.807, 2.05) is 0 Å². The van der Waals surface area contributed by atoms with Crippen molar-refractivity contribution in [2.45, 2.75) is 38.6 Å². The molecule has 0 radical (unpaired) electrons. The summed E-state index contributed by atoms with van der Waals surface area (Å²) >= 11 is 0. The van der Waals surface area contributed by atoms with Crippen molar-refractivity contribution in [3.8, 4) is 5.69 Å². The number of rotatable bonds is 4. The smallest absolute Gasteiger partial charge is 0.338 e. The molecule has 0 aromatic carbocycles. The summed E-state index contributed by atoms with van der Waals surface area (Å²) in [6, 6.07) is 3.38. The number of nitrogens with zero attached hydrogens (tertiary/aromatic N) is 5. The van der Waals surface area contributed by atoms with E-state index in [2.05, 4.69) is 15.3 Å². The summed E-state index contributed by atoms with van der Waals surface area (Å²) in [5, 5.41) is 22.1. The van der Waals surface area contributed by atoms with Gasteiger partial charge in [0, 0.05) is 12.3 Å². The summed E-state index contributed by atoms with van der Waals surface area (Å²) in [6.07, 6.45) is 1.68. The Hall–Kier alpha value is -2.85. The lowest BCUT2D eigenvalue weighted by molar-refractivity contribution is -0.177. The molecule has 2 atom stereocenters. The zero-order valence-corrected chi connectivity index (χ0v) is 15.3. The minimum atomic E-state index is -1.72. The highest BCUT2D eigenvalue weighted by Crippen LogP contribution is 2.21. The van der Waals surface area contributed by atoms with Gasteiger partial charge >= 0.3 is 5.97 Å². The molecule has 1 saturated heterocycles. The van der Waals surface area contributed by atoms with E-state index in [1.165, 1.54) is 17.3 Å². The molecular weight excluding hydrogens is 354 g/mol. The van der Waals surface area contributed by atoms with Crippen molar-refractivity contribution < 1.29 is 24.2 Å². The summed E-state index contributed by atoms with van der Waals surface area (Å²) < 4.78 is 12.0. The first-order valence-electron chi connectivity index (χ1n) is 8.43. The van der Waals surface area contributed by atoms with Gasteiger partial charge in [0.15, 0.2) is 18.0 Å². The fourth-order valence-corrected chi connectivity index (χ4v) is 2.57. The van der Waals surface area contributed by atoms with Crippen molar-refractivity contribution in [3.05, 3.63) is 30.7 Å². The highest BCUT2D eigenvalue weighted by atomic mass is 16.6. The maximum absolute atomic E-state index is 12.7. The van der Waals surface area contributed by atoms with Gasteiger partial charge in [0.2, 0.25) is 0 Å². The Balaban J connectivity index is 1.75. The van der Waals surface area contributed by atoms with Gasteiger partial charge in [-0.1, -0.05) is 0 Å². The standard InChI is InChI=1S/C17H21N5O5/c1-17(2,3)27-16(25)13(23)14-15(24)21(8-9-26-14)12-5-7-22(20-12)11-4-6-18-19-10-11/h4-7,10,13-14,23H,8-9H2,1-3H3/t13-,14-/m1/s1. The second-order valence-electron chi connectivity index (χ2n) is 6.98. The number of ether oxygens (including phenoxy) is 2. The van der Waals surface area contributed by atoms with E-state index < -0.39 is 29.7 Å². The fourth-order valence-electron chi connectivity index (χ4n) is 2.57. The maximum Gasteiger partial charge on any atom is 0.338 e. The average molecular weight is 375 g/mol. The molecule has 1 N–H and O–H groups in total. The Morgan fingerprint density at radius 1 is 1.37 bits per heavy atom. The number of aliphatic hydroxyl groups excluding tert-OH is 1. The monoisotopic (exact) mass is 375 g/mol. The predicted molar refractivity (Wildman–Crippen MR) is 93.1 cm³/mol. The van der Waals surface area contributed by atoms with Gasteiger partial charge in [-0.05, 0) is 26.8 Å². The molecule has 3 heterocycles. The second kappa shape index (κ2) is 7.41. The van der Waals surface area contributed by atoms with E-state index in [1.54, 1.807) is 43.8 Å².